The SMILES string of the molecule is N#Cc1c(N)[nH]c(=O)c(C#N)c1-c1ccccc1COc1cc(F)c(F)c(F)c1. The normalized spacial score (nSPS) is 10.2. The summed E-state index contributed by atoms with van der Waals surface area (Å²) in [6, 6.07) is 11.3. The van der Waals surface area contributed by atoms with E-state index >= 15 is 0 Å². The Morgan fingerprint density at radius 3 is 2.28 bits per heavy atom. The van der Waals surface area contributed by atoms with Gasteiger partial charge in [-0.15, -0.1) is 0 Å². The van der Waals surface area contributed by atoms with Crippen molar-refractivity contribution >= 4 is 5.82 Å². The molecule has 3 N–H and O–H groups in total. The van der Waals surface area contributed by atoms with E-state index in [2.05, 4.69) is 4.98 Å². The van der Waals surface area contributed by atoms with Crippen molar-refractivity contribution in [2.75, 3.05) is 5.73 Å². The van der Waals surface area contributed by atoms with Crippen molar-refractivity contribution < 1.29 is 17.9 Å². The molecule has 29 heavy (non-hydrogen) atoms. The lowest BCUT2D eigenvalue weighted by Crippen LogP contribution is -2.17. The molecule has 0 fully saturated rings. The highest BCUT2D eigenvalue weighted by molar-refractivity contribution is 5.81. The number of anilines is 1. The van der Waals surface area contributed by atoms with E-state index in [0.29, 0.717) is 23.3 Å². The van der Waals surface area contributed by atoms with Crippen LogP contribution in [0.4, 0.5) is 19.0 Å². The summed E-state index contributed by atoms with van der Waals surface area (Å²) < 4.78 is 45.2. The Hall–Kier alpha value is -4.24. The first-order valence-electron chi connectivity index (χ1n) is 8.09. The van der Waals surface area contributed by atoms with Crippen LogP contribution in [-0.4, -0.2) is 4.98 Å². The van der Waals surface area contributed by atoms with Gasteiger partial charge in [-0.25, -0.2) is 13.2 Å². The zero-order valence-corrected chi connectivity index (χ0v) is 14.6. The van der Waals surface area contributed by atoms with Crippen LogP contribution in [0, 0.1) is 40.1 Å². The molecule has 1 aromatic heterocycles. The predicted molar refractivity (Wildman–Crippen MR) is 97.0 cm³/mol. The number of hydrogen-bond acceptors (Lipinski definition) is 5. The fraction of sp³-hybridized carbons (Fsp3) is 0.0500. The van der Waals surface area contributed by atoms with Crippen molar-refractivity contribution in [1.29, 1.82) is 10.5 Å². The maximum atomic E-state index is 13.4. The molecule has 2 aromatic carbocycles. The summed E-state index contributed by atoms with van der Waals surface area (Å²) in [6.07, 6.45) is 0. The molecule has 9 heteroatoms. The number of nitrogen functional groups attached to an aromatic ring is 1. The third-order valence-corrected chi connectivity index (χ3v) is 4.11. The van der Waals surface area contributed by atoms with E-state index in [0.717, 1.165) is 0 Å². The number of H-pyrrole nitrogens is 1. The minimum Gasteiger partial charge on any atom is -0.489 e. The van der Waals surface area contributed by atoms with Crippen molar-refractivity contribution in [3.63, 3.8) is 0 Å². The summed E-state index contributed by atoms with van der Waals surface area (Å²) in [4.78, 5) is 14.4. The summed E-state index contributed by atoms with van der Waals surface area (Å²) in [5, 5.41) is 18.8. The molecule has 1 heterocycles. The summed E-state index contributed by atoms with van der Waals surface area (Å²) in [5.41, 5.74) is 5.26. The Kier molecular flexibility index (Phi) is 5.24. The van der Waals surface area contributed by atoms with Crippen LogP contribution in [0.1, 0.15) is 16.7 Å². The van der Waals surface area contributed by atoms with E-state index < -0.39 is 23.0 Å². The van der Waals surface area contributed by atoms with Gasteiger partial charge in [-0.05, 0) is 11.1 Å². The number of aromatic amines is 1. The van der Waals surface area contributed by atoms with Crippen molar-refractivity contribution in [3.8, 4) is 29.0 Å². The van der Waals surface area contributed by atoms with Crippen molar-refractivity contribution in [1.82, 2.24) is 4.98 Å². The number of nitrogens with one attached hydrogen (secondary N) is 1. The molecule has 0 amide bonds. The zero-order valence-electron chi connectivity index (χ0n) is 14.6. The molecule has 3 aromatic rings. The lowest BCUT2D eigenvalue weighted by molar-refractivity contribution is 0.300. The molecular weight excluding hydrogens is 385 g/mol. The van der Waals surface area contributed by atoms with Crippen LogP contribution in [0.25, 0.3) is 11.1 Å². The number of hydrogen-bond donors (Lipinski definition) is 2. The first-order chi connectivity index (χ1) is 13.9. The molecule has 144 valence electrons. The maximum Gasteiger partial charge on any atom is 0.268 e. The lowest BCUT2D eigenvalue weighted by Gasteiger charge is -2.14. The van der Waals surface area contributed by atoms with Gasteiger partial charge in [0, 0.05) is 17.7 Å². The first-order valence-corrected chi connectivity index (χ1v) is 8.09. The van der Waals surface area contributed by atoms with Crippen LogP contribution in [-0.2, 0) is 6.61 Å². The number of ether oxygens (including phenoxy) is 1. The molecule has 0 bridgehead atoms. The zero-order chi connectivity index (χ0) is 21.1. The van der Waals surface area contributed by atoms with E-state index in [9.17, 15) is 28.5 Å². The number of nitriles is 2. The highest BCUT2D eigenvalue weighted by Gasteiger charge is 2.20. The summed E-state index contributed by atoms with van der Waals surface area (Å²) in [7, 11) is 0. The number of nitrogens with two attached hydrogens (primary N) is 1. The number of aromatic nitrogens is 1. The second-order valence-corrected chi connectivity index (χ2v) is 5.86. The molecule has 0 saturated carbocycles. The summed E-state index contributed by atoms with van der Waals surface area (Å²) in [6.45, 7) is -0.247. The standard InChI is InChI=1S/C20H11F3N4O2/c21-15-5-11(6-16(22)18(15)23)29-9-10-3-1-2-4-12(10)17-13(7-24)19(26)27-20(28)14(17)8-25/h1-6H,9H2,(H3,26,27,28). The molecule has 0 radical (unpaired) electrons. The Morgan fingerprint density at radius 1 is 1.03 bits per heavy atom. The van der Waals surface area contributed by atoms with Crippen LogP contribution in [0.5, 0.6) is 5.75 Å². The molecule has 0 saturated heterocycles. The molecular formula is C20H11F3N4O2. The topological polar surface area (TPSA) is 116 Å². The number of benzene rings is 2. The fourth-order valence-corrected chi connectivity index (χ4v) is 2.78. The smallest absolute Gasteiger partial charge is 0.268 e. The van der Waals surface area contributed by atoms with Gasteiger partial charge < -0.3 is 15.5 Å². The van der Waals surface area contributed by atoms with E-state index in [1.54, 1.807) is 30.3 Å². The monoisotopic (exact) mass is 396 g/mol. The van der Waals surface area contributed by atoms with Gasteiger partial charge in [0.2, 0.25) is 0 Å². The molecule has 0 atom stereocenters. The van der Waals surface area contributed by atoms with E-state index in [4.69, 9.17) is 10.5 Å². The largest absolute Gasteiger partial charge is 0.489 e. The number of nitrogens with zero attached hydrogens (tertiary/aromatic N) is 2. The average molecular weight is 396 g/mol. The van der Waals surface area contributed by atoms with Gasteiger partial charge in [0.1, 0.15) is 41.4 Å². The third kappa shape index (κ3) is 3.62. The van der Waals surface area contributed by atoms with E-state index in [1.807, 2.05) is 6.07 Å². The Labute approximate surface area is 162 Å². The first kappa shape index (κ1) is 19.5. The third-order valence-electron chi connectivity index (χ3n) is 4.11. The fourth-order valence-electron chi connectivity index (χ4n) is 2.78. The molecule has 0 aliphatic carbocycles. The van der Waals surface area contributed by atoms with Crippen LogP contribution in [0.15, 0.2) is 41.2 Å². The van der Waals surface area contributed by atoms with Gasteiger partial charge in [0.05, 0.1) is 0 Å². The van der Waals surface area contributed by atoms with Gasteiger partial charge in [0.15, 0.2) is 17.5 Å². The molecule has 0 aliphatic rings. The molecule has 0 spiro atoms. The molecule has 3 rings (SSSR count). The Balaban J connectivity index is 2.09. The van der Waals surface area contributed by atoms with Crippen LogP contribution in [0.2, 0.25) is 0 Å². The molecule has 0 unspecified atom stereocenters. The van der Waals surface area contributed by atoms with Crippen molar-refractivity contribution in [2.45, 2.75) is 6.61 Å². The predicted octanol–water partition coefficient (Wildman–Crippen LogP) is 3.36. The van der Waals surface area contributed by atoms with E-state index in [1.165, 1.54) is 0 Å². The Bertz CT molecular complexity index is 1230. The van der Waals surface area contributed by atoms with Crippen LogP contribution in [0.3, 0.4) is 0 Å². The van der Waals surface area contributed by atoms with Crippen molar-refractivity contribution in [3.05, 3.63) is 80.9 Å². The van der Waals surface area contributed by atoms with Crippen molar-refractivity contribution in [2.24, 2.45) is 0 Å². The second kappa shape index (κ2) is 7.79. The molecule has 6 nitrogen and oxygen atoms in total. The Morgan fingerprint density at radius 2 is 1.66 bits per heavy atom. The highest BCUT2D eigenvalue weighted by Crippen LogP contribution is 2.31. The van der Waals surface area contributed by atoms with Crippen LogP contribution >= 0.6 is 0 Å². The number of pyridine rings is 1. The van der Waals surface area contributed by atoms with Gasteiger partial charge in [-0.1, -0.05) is 24.3 Å². The highest BCUT2D eigenvalue weighted by atomic mass is 19.2. The van der Waals surface area contributed by atoms with E-state index in [-0.39, 0.29) is 34.9 Å². The average Bonchev–Trinajstić information content (AvgIpc) is 2.70. The number of rotatable bonds is 4. The van der Waals surface area contributed by atoms with Gasteiger partial charge in [-0.2, -0.15) is 10.5 Å². The summed E-state index contributed by atoms with van der Waals surface area (Å²) >= 11 is 0. The maximum absolute atomic E-state index is 13.4. The van der Waals surface area contributed by atoms with Gasteiger partial charge in [0.25, 0.3) is 5.56 Å². The number of halogens is 3. The quantitative estimate of drug-likeness (QED) is 0.656. The van der Waals surface area contributed by atoms with Gasteiger partial charge >= 0.3 is 0 Å². The lowest BCUT2D eigenvalue weighted by atomic mass is 9.93. The molecule has 0 aliphatic heterocycles. The summed E-state index contributed by atoms with van der Waals surface area (Å²) in [5.74, 6) is -4.90. The second-order valence-electron chi connectivity index (χ2n) is 5.86. The van der Waals surface area contributed by atoms with Crippen LogP contribution < -0.4 is 16.0 Å². The van der Waals surface area contributed by atoms with Gasteiger partial charge in [-0.3, -0.25) is 4.79 Å². The minimum atomic E-state index is -1.62. The minimum absolute atomic E-state index is 0.0203.